The van der Waals surface area contributed by atoms with E-state index in [9.17, 15) is 4.79 Å². The Morgan fingerprint density at radius 2 is 0.980 bits per heavy atom. The maximum absolute atomic E-state index is 14.7. The van der Waals surface area contributed by atoms with Gasteiger partial charge in [0.05, 0.1) is 22.1 Å². The zero-order valence-electron chi connectivity index (χ0n) is 27.3. The van der Waals surface area contributed by atoms with Gasteiger partial charge in [0.1, 0.15) is 0 Å². The number of hydrogen-bond acceptors (Lipinski definition) is 1. The van der Waals surface area contributed by atoms with Gasteiger partial charge in [0, 0.05) is 27.3 Å². The van der Waals surface area contributed by atoms with Crippen molar-refractivity contribution in [1.29, 1.82) is 0 Å². The lowest BCUT2D eigenvalue weighted by Crippen LogP contribution is -2.27. The van der Waals surface area contributed by atoms with Crippen molar-refractivity contribution < 1.29 is 4.79 Å². The molecule has 1 aliphatic heterocycles. The fourth-order valence-corrected chi connectivity index (χ4v) is 9.69. The molecule has 8 aromatic rings. The molecule has 1 spiro atoms. The molecule has 0 unspecified atom stereocenters. The molecule has 0 bridgehead atoms. The molecule has 0 N–H and O–H groups in total. The van der Waals surface area contributed by atoms with Crippen LogP contribution in [0.25, 0.3) is 49.7 Å². The molecule has 0 saturated carbocycles. The molecule has 2 heteroatoms. The van der Waals surface area contributed by atoms with Gasteiger partial charge < -0.3 is 4.57 Å². The largest absolute Gasteiger partial charge is 0.309 e. The molecule has 2 aliphatic carbocycles. The van der Waals surface area contributed by atoms with Crippen LogP contribution in [0.5, 0.6) is 0 Å². The number of hydrogen-bond donors (Lipinski definition) is 0. The molecule has 3 aliphatic rings. The van der Waals surface area contributed by atoms with E-state index >= 15 is 0 Å². The van der Waals surface area contributed by atoms with Gasteiger partial charge in [-0.1, -0.05) is 135 Å². The van der Waals surface area contributed by atoms with Crippen molar-refractivity contribution in [2.24, 2.45) is 0 Å². The predicted molar refractivity (Wildman–Crippen MR) is 199 cm³/mol. The molecule has 7 aromatic carbocycles. The van der Waals surface area contributed by atoms with E-state index in [1.165, 1.54) is 77.4 Å². The molecule has 230 valence electrons. The Morgan fingerprint density at radius 3 is 1.65 bits per heavy atom. The van der Waals surface area contributed by atoms with Crippen molar-refractivity contribution in [3.05, 3.63) is 196 Å². The summed E-state index contributed by atoms with van der Waals surface area (Å²) in [6.45, 7) is 4.59. The standard InChI is InChI=1S/C47H31NO/c1-46(2)39-20-11-16-35-34-15-6-10-21-42(34)48(44(35)39)43-25-23-29(27-41(43)46)45(49)28-22-24-33-32-14-5-9-19-38(32)47(40(33)26-28)36-17-7-3-12-30(36)31-13-4-8-18-37(31)47/h3-27H,1-2H3. The minimum absolute atomic E-state index is 0.0495. The molecule has 1 aromatic heterocycles. The Morgan fingerprint density at radius 1 is 0.469 bits per heavy atom. The van der Waals surface area contributed by atoms with E-state index in [1.807, 2.05) is 12.1 Å². The van der Waals surface area contributed by atoms with Crippen molar-refractivity contribution >= 4 is 27.6 Å². The number of benzene rings is 7. The molecule has 0 saturated heterocycles. The molecule has 0 radical (unpaired) electrons. The summed E-state index contributed by atoms with van der Waals surface area (Å²) in [5.74, 6) is 0.0495. The van der Waals surface area contributed by atoms with Crippen LogP contribution in [0, 0.1) is 0 Å². The first-order valence-corrected chi connectivity index (χ1v) is 17.2. The average molecular weight is 626 g/mol. The van der Waals surface area contributed by atoms with Crippen molar-refractivity contribution in [1.82, 2.24) is 4.57 Å². The van der Waals surface area contributed by atoms with Crippen molar-refractivity contribution in [3.8, 4) is 27.9 Å². The van der Waals surface area contributed by atoms with E-state index in [-0.39, 0.29) is 11.2 Å². The van der Waals surface area contributed by atoms with E-state index < -0.39 is 5.41 Å². The summed E-state index contributed by atoms with van der Waals surface area (Å²) in [7, 11) is 0. The Hall–Kier alpha value is -5.99. The maximum Gasteiger partial charge on any atom is 0.193 e. The first-order chi connectivity index (χ1) is 24.0. The summed E-state index contributed by atoms with van der Waals surface area (Å²) in [6.07, 6.45) is 0. The minimum Gasteiger partial charge on any atom is -0.309 e. The summed E-state index contributed by atoms with van der Waals surface area (Å²) in [5.41, 5.74) is 16.7. The van der Waals surface area contributed by atoms with Crippen LogP contribution in [0.3, 0.4) is 0 Å². The molecular formula is C47H31NO. The van der Waals surface area contributed by atoms with Gasteiger partial charge >= 0.3 is 0 Å². The number of ketones is 1. The van der Waals surface area contributed by atoms with Gasteiger partial charge in [0.25, 0.3) is 0 Å². The Kier molecular flexibility index (Phi) is 5.03. The Balaban J connectivity index is 1.11. The third-order valence-electron chi connectivity index (χ3n) is 11.8. The van der Waals surface area contributed by atoms with Crippen LogP contribution < -0.4 is 0 Å². The average Bonchev–Trinajstić information content (AvgIpc) is 3.76. The van der Waals surface area contributed by atoms with Crippen LogP contribution in [0.4, 0.5) is 0 Å². The topological polar surface area (TPSA) is 22.0 Å². The lowest BCUT2D eigenvalue weighted by atomic mass is 9.70. The first kappa shape index (κ1) is 27.0. The quantitative estimate of drug-likeness (QED) is 0.175. The second kappa shape index (κ2) is 9.12. The molecule has 2 heterocycles. The van der Waals surface area contributed by atoms with Gasteiger partial charge in [0.15, 0.2) is 5.78 Å². The zero-order chi connectivity index (χ0) is 32.6. The third kappa shape index (κ3) is 3.15. The van der Waals surface area contributed by atoms with Crippen LogP contribution in [-0.4, -0.2) is 10.4 Å². The number of carbonyl (C=O) groups is 1. The van der Waals surface area contributed by atoms with Gasteiger partial charge in [0.2, 0.25) is 0 Å². The maximum atomic E-state index is 14.7. The Bertz CT molecular complexity index is 2710. The van der Waals surface area contributed by atoms with Crippen molar-refractivity contribution in [2.75, 3.05) is 0 Å². The van der Waals surface area contributed by atoms with Crippen molar-refractivity contribution in [3.63, 3.8) is 0 Å². The third-order valence-corrected chi connectivity index (χ3v) is 11.8. The number of para-hydroxylation sites is 2. The number of carbonyl (C=O) groups excluding carboxylic acids is 1. The molecule has 2 nitrogen and oxygen atoms in total. The smallest absolute Gasteiger partial charge is 0.193 e. The van der Waals surface area contributed by atoms with Gasteiger partial charge in [-0.2, -0.15) is 0 Å². The molecule has 11 rings (SSSR count). The summed E-state index contributed by atoms with van der Waals surface area (Å²) in [5, 5.41) is 2.53. The first-order valence-electron chi connectivity index (χ1n) is 17.2. The highest BCUT2D eigenvalue weighted by Gasteiger charge is 2.51. The number of aromatic nitrogens is 1. The number of rotatable bonds is 2. The van der Waals surface area contributed by atoms with Crippen LogP contribution in [0.2, 0.25) is 0 Å². The summed E-state index contributed by atoms with van der Waals surface area (Å²) in [4.78, 5) is 14.7. The fourth-order valence-electron chi connectivity index (χ4n) is 9.69. The molecule has 0 atom stereocenters. The number of fused-ring (bicyclic) bond motifs is 15. The fraction of sp³-hybridized carbons (Fsp3) is 0.0851. The SMILES string of the molecule is CC1(C)c2cc(C(=O)c3ccc4c(c3)C3(c5ccccc5-c5ccccc53)c3ccccc3-4)ccc2-n2c3ccccc3c3cccc1c32. The lowest BCUT2D eigenvalue weighted by Gasteiger charge is -2.35. The monoisotopic (exact) mass is 625 g/mol. The van der Waals surface area contributed by atoms with Crippen LogP contribution >= 0.6 is 0 Å². The zero-order valence-corrected chi connectivity index (χ0v) is 27.3. The second-order valence-electron chi connectivity index (χ2n) is 14.4. The van der Waals surface area contributed by atoms with Gasteiger partial charge in [-0.25, -0.2) is 0 Å². The second-order valence-corrected chi connectivity index (χ2v) is 14.4. The molecule has 0 amide bonds. The highest BCUT2D eigenvalue weighted by molar-refractivity contribution is 6.13. The van der Waals surface area contributed by atoms with Crippen LogP contribution in [-0.2, 0) is 10.8 Å². The van der Waals surface area contributed by atoms with Gasteiger partial charge in [-0.3, -0.25) is 4.79 Å². The summed E-state index contributed by atoms with van der Waals surface area (Å²) >= 11 is 0. The Labute approximate surface area is 284 Å². The van der Waals surface area contributed by atoms with E-state index in [4.69, 9.17) is 0 Å². The van der Waals surface area contributed by atoms with Gasteiger partial charge in [-0.05, 0) is 86.0 Å². The van der Waals surface area contributed by atoms with Crippen LogP contribution in [0.1, 0.15) is 63.1 Å². The van der Waals surface area contributed by atoms with E-state index in [0.717, 1.165) is 16.8 Å². The van der Waals surface area contributed by atoms with E-state index in [2.05, 4.69) is 158 Å². The van der Waals surface area contributed by atoms with Gasteiger partial charge in [-0.15, -0.1) is 0 Å². The normalized spacial score (nSPS) is 15.1. The summed E-state index contributed by atoms with van der Waals surface area (Å²) < 4.78 is 2.40. The highest BCUT2D eigenvalue weighted by Crippen LogP contribution is 2.62. The molecule has 49 heavy (non-hydrogen) atoms. The highest BCUT2D eigenvalue weighted by atomic mass is 16.1. The summed E-state index contributed by atoms with van der Waals surface area (Å²) in [6, 6.07) is 54.5. The molecular weight excluding hydrogens is 595 g/mol. The van der Waals surface area contributed by atoms with E-state index in [1.54, 1.807) is 0 Å². The lowest BCUT2D eigenvalue weighted by molar-refractivity contribution is 0.103. The minimum atomic E-state index is -0.474. The molecule has 0 fully saturated rings. The number of nitrogens with zero attached hydrogens (tertiary/aromatic N) is 1. The van der Waals surface area contributed by atoms with Crippen LogP contribution in [0.15, 0.2) is 152 Å². The predicted octanol–water partition coefficient (Wildman–Crippen LogP) is 11.0. The van der Waals surface area contributed by atoms with E-state index in [0.29, 0.717) is 0 Å². The van der Waals surface area contributed by atoms with Crippen molar-refractivity contribution in [2.45, 2.75) is 24.7 Å².